The summed E-state index contributed by atoms with van der Waals surface area (Å²) in [6, 6.07) is 14.8. The molecule has 5 aromatic rings. The summed E-state index contributed by atoms with van der Waals surface area (Å²) in [5.41, 5.74) is 5.92. The molecule has 2 aliphatic rings. The van der Waals surface area contributed by atoms with Crippen LogP contribution in [0.25, 0.3) is 0 Å². The van der Waals surface area contributed by atoms with Gasteiger partial charge in [0.15, 0.2) is 11.5 Å². The van der Waals surface area contributed by atoms with Crippen LogP contribution in [0.2, 0.25) is 25.1 Å². The SMILES string of the molecule is O=C1CCC(=O)N1O.O=[N+]([O-])c1ccc(O)cc1.O=c1cccc[nH]1.Oc1c(Cl)c(Cl)c(Cl)c(Cl)c1Cl.Oc1c(F)c(F)c(F)c(F)c1F.Oc1cccc2c1NNN2O. The van der Waals surface area contributed by atoms with Crippen molar-refractivity contribution in [1.82, 2.24) is 15.6 Å². The van der Waals surface area contributed by atoms with Crippen LogP contribution in [0.4, 0.5) is 39.0 Å². The van der Waals surface area contributed by atoms with Crippen molar-refractivity contribution in [3.8, 4) is 23.0 Å². The predicted molar refractivity (Wildman–Crippen MR) is 205 cm³/mol. The second-order valence-corrected chi connectivity index (χ2v) is 12.5. The van der Waals surface area contributed by atoms with Gasteiger partial charge in [-0.2, -0.15) is 19.0 Å². The molecule has 322 valence electrons. The fourth-order valence-corrected chi connectivity index (χ4v) is 4.83. The van der Waals surface area contributed by atoms with Gasteiger partial charge in [0, 0.05) is 37.2 Å². The molecule has 0 atom stereocenters. The average molecular weight is 953 g/mol. The Hall–Kier alpha value is -5.85. The maximum atomic E-state index is 12.2. The van der Waals surface area contributed by atoms with E-state index in [0.29, 0.717) is 11.4 Å². The highest BCUT2D eigenvalue weighted by Crippen LogP contribution is 2.47. The molecule has 27 heteroatoms. The number of amides is 2. The second-order valence-electron chi connectivity index (χ2n) is 10.7. The highest BCUT2D eigenvalue weighted by Gasteiger charge is 2.27. The first kappa shape index (κ1) is 50.3. The average Bonchev–Trinajstić information content (AvgIpc) is 3.77. The molecule has 1 saturated heterocycles. The number of nitrogens with one attached hydrogen (secondary N) is 3. The number of hydrazine groups is 2. The van der Waals surface area contributed by atoms with Gasteiger partial charge in [0.2, 0.25) is 34.6 Å². The lowest BCUT2D eigenvalue weighted by Gasteiger charge is -2.06. The third-order valence-electron chi connectivity index (χ3n) is 6.67. The fourth-order valence-electron chi connectivity index (χ4n) is 3.70. The van der Waals surface area contributed by atoms with E-state index >= 15 is 0 Å². The number of fused-ring (bicyclic) bond motifs is 1. The number of aromatic nitrogens is 1. The zero-order valence-corrected chi connectivity index (χ0v) is 32.9. The Morgan fingerprint density at radius 2 is 1.12 bits per heavy atom. The van der Waals surface area contributed by atoms with Crippen molar-refractivity contribution in [3.63, 3.8) is 0 Å². The number of anilines is 2. The van der Waals surface area contributed by atoms with Crippen LogP contribution in [0.1, 0.15) is 12.8 Å². The number of phenols is 4. The number of aromatic hydroxyl groups is 4. The summed E-state index contributed by atoms with van der Waals surface area (Å²) in [5, 5.41) is 63.7. The minimum absolute atomic E-state index is 0.00904. The summed E-state index contributed by atoms with van der Waals surface area (Å²) in [5.74, 6) is -14.2. The van der Waals surface area contributed by atoms with E-state index in [2.05, 4.69) is 15.9 Å². The quantitative estimate of drug-likeness (QED) is 0.0112. The molecule has 3 heterocycles. The highest BCUT2D eigenvalue weighted by atomic mass is 35.5. The van der Waals surface area contributed by atoms with E-state index in [4.69, 9.17) is 78.6 Å². The number of nitro groups is 1. The number of hydrogen-bond donors (Lipinski definition) is 9. The number of non-ortho nitro benzene ring substituents is 1. The van der Waals surface area contributed by atoms with Crippen LogP contribution in [0.15, 0.2) is 71.7 Å². The van der Waals surface area contributed by atoms with Gasteiger partial charge in [0.1, 0.15) is 32.9 Å². The zero-order chi connectivity index (χ0) is 45.6. The van der Waals surface area contributed by atoms with Crippen molar-refractivity contribution in [1.29, 1.82) is 0 Å². The van der Waals surface area contributed by atoms with Gasteiger partial charge < -0.3 is 25.4 Å². The van der Waals surface area contributed by atoms with Crippen molar-refractivity contribution in [2.75, 3.05) is 10.6 Å². The zero-order valence-electron chi connectivity index (χ0n) is 29.1. The fraction of sp³-hybridized carbons (Fsp3) is 0.0606. The number of aromatic amines is 1. The normalized spacial score (nSPS) is 12.1. The lowest BCUT2D eigenvalue weighted by atomic mass is 10.2. The lowest BCUT2D eigenvalue weighted by Crippen LogP contribution is -2.32. The van der Waals surface area contributed by atoms with Crippen LogP contribution in [-0.2, 0) is 9.59 Å². The van der Waals surface area contributed by atoms with Crippen molar-refractivity contribution in [2.45, 2.75) is 12.8 Å². The smallest absolute Gasteiger partial charge is 0.269 e. The number of hydrogen-bond acceptors (Lipinski definition) is 14. The number of carbonyl (C=O) groups excluding carboxylic acids is 2. The Morgan fingerprint density at radius 3 is 1.50 bits per heavy atom. The van der Waals surface area contributed by atoms with Gasteiger partial charge in [0.25, 0.3) is 17.5 Å². The van der Waals surface area contributed by atoms with Gasteiger partial charge >= 0.3 is 0 Å². The third kappa shape index (κ3) is 13.6. The number of nitro benzene ring substituents is 1. The van der Waals surface area contributed by atoms with Crippen molar-refractivity contribution in [2.24, 2.45) is 0 Å². The number of para-hydroxylation sites is 1. The predicted octanol–water partition coefficient (Wildman–Crippen LogP) is 8.38. The molecule has 0 aliphatic carbocycles. The van der Waals surface area contributed by atoms with Gasteiger partial charge in [-0.05, 0) is 30.3 Å². The number of phenolic OH excluding ortho intramolecular Hbond substituents is 4. The Labute approximate surface area is 356 Å². The Balaban J connectivity index is 0.000000250. The molecule has 0 unspecified atom stereocenters. The van der Waals surface area contributed by atoms with Gasteiger partial charge in [-0.3, -0.25) is 40.3 Å². The monoisotopic (exact) mass is 950 g/mol. The van der Waals surface area contributed by atoms with E-state index in [1.165, 1.54) is 36.4 Å². The van der Waals surface area contributed by atoms with Gasteiger partial charge in [-0.15, -0.1) is 5.53 Å². The Kier molecular flexibility index (Phi) is 19.3. The molecule has 0 spiro atoms. The van der Waals surface area contributed by atoms with Crippen LogP contribution in [0.3, 0.4) is 0 Å². The van der Waals surface area contributed by atoms with E-state index in [0.717, 1.165) is 5.17 Å². The maximum Gasteiger partial charge on any atom is 0.269 e. The molecule has 9 N–H and O–H groups in total. The van der Waals surface area contributed by atoms with Crippen molar-refractivity contribution >= 4 is 86.9 Å². The summed E-state index contributed by atoms with van der Waals surface area (Å²) >= 11 is 27.9. The number of benzene rings is 4. The first-order valence-corrected chi connectivity index (χ1v) is 17.3. The van der Waals surface area contributed by atoms with E-state index in [1.54, 1.807) is 30.5 Å². The van der Waals surface area contributed by atoms with Gasteiger partial charge in [-0.1, -0.05) is 70.1 Å². The molecule has 0 bridgehead atoms. The number of pyridine rings is 1. The molecule has 7 rings (SSSR count). The second kappa shape index (κ2) is 23.1. The number of imide groups is 1. The third-order valence-corrected chi connectivity index (χ3v) is 8.93. The van der Waals surface area contributed by atoms with Gasteiger partial charge in [-0.25, -0.2) is 13.2 Å². The number of nitrogens with zero attached hydrogens (tertiary/aromatic N) is 3. The summed E-state index contributed by atoms with van der Waals surface area (Å²) < 4.78 is 60.6. The summed E-state index contributed by atoms with van der Waals surface area (Å²) in [6.07, 6.45) is 1.90. The van der Waals surface area contributed by atoms with Crippen LogP contribution in [0, 0.1) is 39.2 Å². The molecule has 1 aromatic heterocycles. The van der Waals surface area contributed by atoms with Crippen LogP contribution in [0.5, 0.6) is 23.0 Å². The van der Waals surface area contributed by atoms with Crippen LogP contribution in [-0.4, -0.2) is 57.6 Å². The molecule has 0 radical (unpaired) electrons. The standard InChI is InChI=1S/C6HCl5O.C6HF5O.C6H7N3O2.C6H5NO3.C5H5NO.C4H5NO3/c2*7-1-2(8)4(10)6(12)5(11)3(1)9;10-5-3-1-2-4-6(5)7-8-9(4)11;8-6-3-1-5(2-4-6)7(9)10;7-5-3-1-2-4-6-5;6-3-1-2-4(7)5(3)8/h2*12H;1-3,7-8,10-11H;1-4,8H;1-4H,(H,6,7);8H,1-2H2. The number of H-pyrrole nitrogens is 1. The van der Waals surface area contributed by atoms with E-state index in [-0.39, 0.29) is 71.5 Å². The minimum Gasteiger partial charge on any atom is -0.508 e. The Morgan fingerprint density at radius 1 is 0.633 bits per heavy atom. The molecule has 4 aromatic carbocycles. The molecule has 2 amide bonds. The summed E-state index contributed by atoms with van der Waals surface area (Å²) in [7, 11) is 0. The van der Waals surface area contributed by atoms with E-state index < -0.39 is 51.6 Å². The van der Waals surface area contributed by atoms with E-state index in [1.807, 2.05) is 0 Å². The topological polar surface area (TPSA) is 262 Å². The maximum absolute atomic E-state index is 12.2. The number of rotatable bonds is 1. The highest BCUT2D eigenvalue weighted by molar-refractivity contribution is 6.55. The summed E-state index contributed by atoms with van der Waals surface area (Å²) in [6.45, 7) is 0. The van der Waals surface area contributed by atoms with Crippen LogP contribution < -0.4 is 21.7 Å². The molecular weight excluding hydrogens is 929 g/mol. The molecule has 60 heavy (non-hydrogen) atoms. The Bertz CT molecular complexity index is 2090. The van der Waals surface area contributed by atoms with Crippen LogP contribution >= 0.6 is 58.0 Å². The van der Waals surface area contributed by atoms with Crippen molar-refractivity contribution < 1.29 is 67.3 Å². The minimum atomic E-state index is -2.29. The number of halogens is 10. The molecule has 2 aliphatic heterocycles. The molecule has 0 saturated carbocycles. The first-order chi connectivity index (χ1) is 28.0. The molecule has 1 fully saturated rings. The number of hydroxylamine groups is 2. The largest absolute Gasteiger partial charge is 0.508 e. The summed E-state index contributed by atoms with van der Waals surface area (Å²) in [4.78, 5) is 42.7. The van der Waals surface area contributed by atoms with E-state index in [9.17, 15) is 56.7 Å². The molecular formula is C33H24Cl5F5N6O11. The molecule has 17 nitrogen and oxygen atoms in total. The first-order valence-electron chi connectivity index (χ1n) is 15.4. The van der Waals surface area contributed by atoms with Gasteiger partial charge in [0.05, 0.1) is 20.0 Å². The lowest BCUT2D eigenvalue weighted by molar-refractivity contribution is -0.384. The number of carbonyl (C=O) groups is 2. The van der Waals surface area contributed by atoms with Crippen molar-refractivity contribution in [3.05, 3.63) is 142 Å².